The molecule has 0 aromatic heterocycles. The summed E-state index contributed by atoms with van der Waals surface area (Å²) in [5.74, 6) is 0.621. The maximum Gasteiger partial charge on any atom is 0.133 e. The predicted molar refractivity (Wildman–Crippen MR) is 87.3 cm³/mol. The van der Waals surface area contributed by atoms with Crippen molar-refractivity contribution in [3.8, 4) is 5.75 Å². The minimum Gasteiger partial charge on any atom is -0.496 e. The maximum atomic E-state index is 13.2. The molecule has 0 spiro atoms. The van der Waals surface area contributed by atoms with Gasteiger partial charge < -0.3 is 10.1 Å². The Balaban J connectivity index is 2.24. The molecule has 0 aliphatic carbocycles. The van der Waals surface area contributed by atoms with Crippen LogP contribution in [0.1, 0.15) is 22.7 Å². The van der Waals surface area contributed by atoms with Crippen LogP contribution in [-0.4, -0.2) is 14.2 Å². The number of methoxy groups -OCH3 is 1. The van der Waals surface area contributed by atoms with Crippen LogP contribution in [0.4, 0.5) is 4.39 Å². The van der Waals surface area contributed by atoms with E-state index in [1.165, 1.54) is 11.6 Å². The lowest BCUT2D eigenvalue weighted by Gasteiger charge is -2.19. The molecule has 0 aliphatic rings. The monoisotopic (exact) mass is 351 g/mol. The molecule has 112 valence electrons. The van der Waals surface area contributed by atoms with Crippen molar-refractivity contribution >= 4 is 15.9 Å². The highest BCUT2D eigenvalue weighted by atomic mass is 79.9. The Morgan fingerprint density at radius 2 is 2.00 bits per heavy atom. The van der Waals surface area contributed by atoms with Crippen LogP contribution in [0.3, 0.4) is 0 Å². The Morgan fingerprint density at radius 3 is 2.57 bits per heavy atom. The Kier molecular flexibility index (Phi) is 5.37. The molecular formula is C17H19BrFNO. The number of halogens is 2. The zero-order valence-electron chi connectivity index (χ0n) is 12.4. The lowest BCUT2D eigenvalue weighted by Crippen LogP contribution is -2.20. The largest absolute Gasteiger partial charge is 0.496 e. The van der Waals surface area contributed by atoms with Crippen LogP contribution >= 0.6 is 15.9 Å². The molecule has 21 heavy (non-hydrogen) atoms. The number of nitrogens with one attached hydrogen (secondary N) is 1. The van der Waals surface area contributed by atoms with E-state index in [0.29, 0.717) is 0 Å². The van der Waals surface area contributed by atoms with Crippen LogP contribution in [-0.2, 0) is 6.42 Å². The topological polar surface area (TPSA) is 21.3 Å². The van der Waals surface area contributed by atoms with E-state index >= 15 is 0 Å². The van der Waals surface area contributed by atoms with Gasteiger partial charge in [-0.1, -0.05) is 12.1 Å². The highest BCUT2D eigenvalue weighted by molar-refractivity contribution is 9.10. The van der Waals surface area contributed by atoms with Gasteiger partial charge in [0.05, 0.1) is 11.6 Å². The van der Waals surface area contributed by atoms with E-state index in [1.807, 2.05) is 32.2 Å². The van der Waals surface area contributed by atoms with Crippen molar-refractivity contribution in [2.24, 2.45) is 0 Å². The lowest BCUT2D eigenvalue weighted by atomic mass is 9.95. The molecular weight excluding hydrogens is 333 g/mol. The van der Waals surface area contributed by atoms with E-state index in [9.17, 15) is 4.39 Å². The molecule has 2 aromatic carbocycles. The molecule has 0 fully saturated rings. The second kappa shape index (κ2) is 7.05. The number of likely N-dealkylation sites (N-methyl/N-ethyl adjacent to an activating group) is 1. The van der Waals surface area contributed by atoms with Gasteiger partial charge in [0.1, 0.15) is 11.6 Å². The number of benzene rings is 2. The van der Waals surface area contributed by atoms with Gasteiger partial charge in [-0.05, 0) is 77.3 Å². The zero-order chi connectivity index (χ0) is 15.4. The Hall–Kier alpha value is -1.39. The van der Waals surface area contributed by atoms with E-state index in [2.05, 4.69) is 27.3 Å². The van der Waals surface area contributed by atoms with Crippen molar-refractivity contribution in [1.29, 1.82) is 0 Å². The lowest BCUT2D eigenvalue weighted by molar-refractivity contribution is 0.412. The van der Waals surface area contributed by atoms with Gasteiger partial charge in [0.25, 0.3) is 0 Å². The molecule has 2 nitrogen and oxygen atoms in total. The van der Waals surface area contributed by atoms with Crippen LogP contribution in [0.15, 0.2) is 40.9 Å². The number of rotatable bonds is 5. The number of aryl methyl sites for hydroxylation is 1. The van der Waals surface area contributed by atoms with Gasteiger partial charge in [0.15, 0.2) is 0 Å². The van der Waals surface area contributed by atoms with Crippen molar-refractivity contribution in [2.45, 2.75) is 19.4 Å². The third-order valence-electron chi connectivity index (χ3n) is 3.61. The molecule has 0 bridgehead atoms. The van der Waals surface area contributed by atoms with Crippen LogP contribution < -0.4 is 10.1 Å². The first kappa shape index (κ1) is 16.0. The van der Waals surface area contributed by atoms with Gasteiger partial charge in [-0.25, -0.2) is 4.39 Å². The van der Waals surface area contributed by atoms with E-state index < -0.39 is 0 Å². The summed E-state index contributed by atoms with van der Waals surface area (Å²) in [5, 5.41) is 3.31. The van der Waals surface area contributed by atoms with Crippen molar-refractivity contribution in [3.05, 3.63) is 63.4 Å². The minimum atomic E-state index is -0.196. The Labute approximate surface area is 133 Å². The van der Waals surface area contributed by atoms with Gasteiger partial charge in [-0.2, -0.15) is 0 Å². The van der Waals surface area contributed by atoms with Crippen LogP contribution in [0.5, 0.6) is 5.75 Å². The standard InChI is InChI=1S/C17H19BrFNO/c1-11-8-13(19)5-6-14(11)16(20-2)10-12-4-7-17(21-3)15(18)9-12/h4-9,16,20H,10H2,1-3H3. The first-order valence-corrected chi connectivity index (χ1v) is 7.60. The molecule has 2 aromatic rings. The van der Waals surface area contributed by atoms with Crippen molar-refractivity contribution in [3.63, 3.8) is 0 Å². The second-order valence-electron chi connectivity index (χ2n) is 5.02. The van der Waals surface area contributed by atoms with Gasteiger partial charge in [0.2, 0.25) is 0 Å². The third-order valence-corrected chi connectivity index (χ3v) is 4.23. The van der Waals surface area contributed by atoms with Crippen molar-refractivity contribution in [2.75, 3.05) is 14.2 Å². The highest BCUT2D eigenvalue weighted by Gasteiger charge is 2.14. The fraction of sp³-hybridized carbons (Fsp3) is 0.294. The Morgan fingerprint density at radius 1 is 1.24 bits per heavy atom. The second-order valence-corrected chi connectivity index (χ2v) is 5.87. The maximum absolute atomic E-state index is 13.2. The van der Waals surface area contributed by atoms with Crippen LogP contribution in [0, 0.1) is 12.7 Å². The number of hydrogen-bond donors (Lipinski definition) is 1. The van der Waals surface area contributed by atoms with E-state index in [-0.39, 0.29) is 11.9 Å². The molecule has 1 atom stereocenters. The number of ether oxygens (including phenoxy) is 1. The van der Waals surface area contributed by atoms with Gasteiger partial charge in [-0.3, -0.25) is 0 Å². The summed E-state index contributed by atoms with van der Waals surface area (Å²) in [6.07, 6.45) is 0.825. The van der Waals surface area contributed by atoms with E-state index in [4.69, 9.17) is 4.74 Å². The molecule has 1 unspecified atom stereocenters. The molecule has 2 rings (SSSR count). The van der Waals surface area contributed by atoms with E-state index in [0.717, 1.165) is 27.8 Å². The van der Waals surface area contributed by atoms with Crippen molar-refractivity contribution in [1.82, 2.24) is 5.32 Å². The fourth-order valence-corrected chi connectivity index (χ4v) is 3.06. The summed E-state index contributed by atoms with van der Waals surface area (Å²) in [5.41, 5.74) is 3.26. The summed E-state index contributed by atoms with van der Waals surface area (Å²) < 4.78 is 19.4. The van der Waals surface area contributed by atoms with Gasteiger partial charge >= 0.3 is 0 Å². The summed E-state index contributed by atoms with van der Waals surface area (Å²) in [7, 11) is 3.57. The quantitative estimate of drug-likeness (QED) is 0.861. The molecule has 1 N–H and O–H groups in total. The Bertz CT molecular complexity index is 630. The predicted octanol–water partition coefficient (Wildman–Crippen LogP) is 4.41. The smallest absolute Gasteiger partial charge is 0.133 e. The SMILES string of the molecule is CNC(Cc1ccc(OC)c(Br)c1)c1ccc(F)cc1C. The van der Waals surface area contributed by atoms with Crippen LogP contribution in [0.2, 0.25) is 0 Å². The first-order valence-electron chi connectivity index (χ1n) is 6.81. The molecule has 0 saturated heterocycles. The van der Waals surface area contributed by atoms with Crippen LogP contribution in [0.25, 0.3) is 0 Å². The summed E-state index contributed by atoms with van der Waals surface area (Å²) >= 11 is 3.50. The molecule has 0 aliphatic heterocycles. The normalized spacial score (nSPS) is 12.2. The molecule has 0 heterocycles. The van der Waals surface area contributed by atoms with Gasteiger partial charge in [-0.15, -0.1) is 0 Å². The number of hydrogen-bond acceptors (Lipinski definition) is 2. The average Bonchev–Trinajstić information content (AvgIpc) is 2.45. The zero-order valence-corrected chi connectivity index (χ0v) is 14.0. The van der Waals surface area contributed by atoms with Crippen molar-refractivity contribution < 1.29 is 9.13 Å². The molecule has 0 saturated carbocycles. The summed E-state index contributed by atoms with van der Waals surface area (Å²) in [4.78, 5) is 0. The molecule has 0 radical (unpaired) electrons. The third kappa shape index (κ3) is 3.83. The van der Waals surface area contributed by atoms with Gasteiger partial charge in [0, 0.05) is 6.04 Å². The minimum absolute atomic E-state index is 0.144. The average molecular weight is 352 g/mol. The summed E-state index contributed by atoms with van der Waals surface area (Å²) in [6.45, 7) is 1.94. The fourth-order valence-electron chi connectivity index (χ4n) is 2.47. The summed E-state index contributed by atoms with van der Waals surface area (Å²) in [6, 6.07) is 11.1. The van der Waals surface area contributed by atoms with E-state index in [1.54, 1.807) is 13.2 Å². The molecule has 4 heteroatoms. The highest BCUT2D eigenvalue weighted by Crippen LogP contribution is 2.28. The first-order chi connectivity index (χ1) is 10.0. The molecule has 0 amide bonds.